The van der Waals surface area contributed by atoms with Crippen LogP contribution in [0.1, 0.15) is 56.3 Å². The van der Waals surface area contributed by atoms with Gasteiger partial charge in [0.15, 0.2) is 5.78 Å². The predicted molar refractivity (Wildman–Crippen MR) is 126 cm³/mol. The van der Waals surface area contributed by atoms with Gasteiger partial charge in [-0.15, -0.1) is 0 Å². The van der Waals surface area contributed by atoms with E-state index in [2.05, 4.69) is 82.4 Å². The van der Waals surface area contributed by atoms with Crippen molar-refractivity contribution in [3.63, 3.8) is 0 Å². The zero-order valence-electron chi connectivity index (χ0n) is 18.7. The molecule has 6 nitrogen and oxygen atoms in total. The van der Waals surface area contributed by atoms with E-state index in [1.54, 1.807) is 6.20 Å². The number of ketones is 1. The van der Waals surface area contributed by atoms with Crippen LogP contribution >= 0.6 is 0 Å². The second-order valence-electron chi connectivity index (χ2n) is 8.70. The van der Waals surface area contributed by atoms with Crippen molar-refractivity contribution < 1.29 is 4.79 Å². The molecule has 2 aromatic heterocycles. The second kappa shape index (κ2) is 7.79. The molecule has 5 rings (SSSR count). The van der Waals surface area contributed by atoms with E-state index in [-0.39, 0.29) is 11.7 Å². The molecule has 1 aliphatic carbocycles. The fraction of sp³-hybridized carbons (Fsp3) is 0.269. The molecule has 2 heterocycles. The van der Waals surface area contributed by atoms with Crippen LogP contribution in [0.3, 0.4) is 0 Å². The molecule has 0 radical (unpaired) electrons. The molecule has 0 bridgehead atoms. The van der Waals surface area contributed by atoms with Crippen LogP contribution in [0.2, 0.25) is 0 Å². The lowest BCUT2D eigenvalue weighted by atomic mass is 9.82. The Hall–Kier alpha value is -3.67. The lowest BCUT2D eigenvalue weighted by Gasteiger charge is -2.23. The molecular formula is C26H25N5O. The molecule has 6 heteroatoms. The lowest BCUT2D eigenvalue weighted by molar-refractivity contribution is 0.0962. The van der Waals surface area contributed by atoms with Gasteiger partial charge in [-0.05, 0) is 68.9 Å². The van der Waals surface area contributed by atoms with Crippen LogP contribution in [0.4, 0.5) is 11.9 Å². The van der Waals surface area contributed by atoms with E-state index in [4.69, 9.17) is 0 Å². The number of nitrogens with one attached hydrogen (secondary N) is 1. The molecule has 1 aliphatic rings. The number of carbonyl (C=O) groups is 1. The minimum Gasteiger partial charge on any atom is -0.294 e. The number of rotatable bonds is 3. The lowest BCUT2D eigenvalue weighted by Crippen LogP contribution is -2.21. The highest BCUT2D eigenvalue weighted by molar-refractivity contribution is 5.98. The number of hydrogen-bond donors (Lipinski definition) is 1. The van der Waals surface area contributed by atoms with Crippen LogP contribution in [0.15, 0.2) is 42.6 Å². The first-order valence-corrected chi connectivity index (χ1v) is 10.9. The van der Waals surface area contributed by atoms with E-state index >= 15 is 0 Å². The monoisotopic (exact) mass is 423 g/mol. The SMILES string of the molecule is Cc1ccc([C@H]2CC(=O)c3cnc(Nc4nc(C)c5cc(C)c(C)cc5n4)nc3C2)cc1. The molecule has 0 aliphatic heterocycles. The van der Waals surface area contributed by atoms with Gasteiger partial charge in [-0.2, -0.15) is 0 Å². The summed E-state index contributed by atoms with van der Waals surface area (Å²) in [6.45, 7) is 8.21. The van der Waals surface area contributed by atoms with Crippen LogP contribution < -0.4 is 5.32 Å². The number of fused-ring (bicyclic) bond motifs is 2. The molecule has 2 aromatic carbocycles. The van der Waals surface area contributed by atoms with Crippen LogP contribution in [0.5, 0.6) is 0 Å². The van der Waals surface area contributed by atoms with Gasteiger partial charge in [0, 0.05) is 18.0 Å². The van der Waals surface area contributed by atoms with Gasteiger partial charge in [0.05, 0.1) is 22.5 Å². The average molecular weight is 424 g/mol. The van der Waals surface area contributed by atoms with Gasteiger partial charge >= 0.3 is 0 Å². The molecule has 32 heavy (non-hydrogen) atoms. The van der Waals surface area contributed by atoms with Crippen molar-refractivity contribution in [2.45, 2.75) is 46.5 Å². The van der Waals surface area contributed by atoms with E-state index in [1.807, 2.05) is 6.92 Å². The van der Waals surface area contributed by atoms with Crippen molar-refractivity contribution in [1.82, 2.24) is 19.9 Å². The maximum Gasteiger partial charge on any atom is 0.230 e. The Kier molecular flexibility index (Phi) is 4.93. The Balaban J connectivity index is 1.45. The molecular weight excluding hydrogens is 398 g/mol. The van der Waals surface area contributed by atoms with Crippen molar-refractivity contribution in [3.8, 4) is 0 Å². The van der Waals surface area contributed by atoms with Gasteiger partial charge in [-0.1, -0.05) is 29.8 Å². The number of Topliss-reactive ketones (excluding diaryl/α,β-unsaturated/α-hetero) is 1. The molecule has 0 fully saturated rings. The van der Waals surface area contributed by atoms with E-state index in [0.717, 1.165) is 22.3 Å². The Morgan fingerprint density at radius 1 is 0.875 bits per heavy atom. The Morgan fingerprint density at radius 3 is 2.41 bits per heavy atom. The van der Waals surface area contributed by atoms with Gasteiger partial charge in [0.2, 0.25) is 11.9 Å². The third-order valence-electron chi connectivity index (χ3n) is 6.31. The molecule has 0 spiro atoms. The normalized spacial score (nSPS) is 15.6. The topological polar surface area (TPSA) is 80.7 Å². The molecule has 1 atom stereocenters. The summed E-state index contributed by atoms with van der Waals surface area (Å²) in [5, 5.41) is 4.18. The number of hydrogen-bond acceptors (Lipinski definition) is 6. The summed E-state index contributed by atoms with van der Waals surface area (Å²) in [4.78, 5) is 31.0. The van der Waals surface area contributed by atoms with Crippen LogP contribution in [-0.4, -0.2) is 25.7 Å². The minimum absolute atomic E-state index is 0.0898. The van der Waals surface area contributed by atoms with Crippen molar-refractivity contribution in [1.29, 1.82) is 0 Å². The van der Waals surface area contributed by atoms with Crippen LogP contribution in [-0.2, 0) is 6.42 Å². The van der Waals surface area contributed by atoms with Crippen LogP contribution in [0.25, 0.3) is 10.9 Å². The summed E-state index contributed by atoms with van der Waals surface area (Å²) in [6, 6.07) is 12.6. The molecule has 1 N–H and O–H groups in total. The third kappa shape index (κ3) is 3.73. The predicted octanol–water partition coefficient (Wildman–Crippen LogP) is 5.31. The standard InChI is InChI=1S/C26H25N5O/c1-14-5-7-18(8-6-14)19-11-23-21(24(32)12-19)13-27-25(29-23)31-26-28-17(4)20-9-15(2)16(3)10-22(20)30-26/h5-10,13,19H,11-12H2,1-4H3,(H,27,28,29,30,31)/t19-/m1/s1. The zero-order chi connectivity index (χ0) is 22.4. The maximum atomic E-state index is 12.7. The first-order chi connectivity index (χ1) is 15.4. The van der Waals surface area contributed by atoms with Gasteiger partial charge in [-0.3, -0.25) is 10.1 Å². The van der Waals surface area contributed by atoms with Gasteiger partial charge in [0.1, 0.15) is 0 Å². The quantitative estimate of drug-likeness (QED) is 0.481. The minimum atomic E-state index is 0.0898. The molecule has 0 saturated heterocycles. The van der Waals surface area contributed by atoms with Crippen LogP contribution in [0, 0.1) is 27.7 Å². The molecule has 4 aromatic rings. The van der Waals surface area contributed by atoms with E-state index in [9.17, 15) is 4.79 Å². The largest absolute Gasteiger partial charge is 0.294 e. The third-order valence-corrected chi connectivity index (χ3v) is 6.31. The fourth-order valence-electron chi connectivity index (χ4n) is 4.28. The van der Waals surface area contributed by atoms with E-state index < -0.39 is 0 Å². The Morgan fingerprint density at radius 2 is 1.62 bits per heavy atom. The number of nitrogens with zero attached hydrogens (tertiary/aromatic N) is 4. The summed E-state index contributed by atoms with van der Waals surface area (Å²) in [6.07, 6.45) is 2.81. The van der Waals surface area contributed by atoms with E-state index in [0.29, 0.717) is 30.3 Å². The van der Waals surface area contributed by atoms with Gasteiger partial charge in [-0.25, -0.2) is 19.9 Å². The summed E-state index contributed by atoms with van der Waals surface area (Å²) in [5.41, 5.74) is 7.95. The molecule has 0 unspecified atom stereocenters. The number of aryl methyl sites for hydroxylation is 4. The average Bonchev–Trinajstić information content (AvgIpc) is 2.75. The number of benzene rings is 2. The summed E-state index contributed by atoms with van der Waals surface area (Å²) < 4.78 is 0. The summed E-state index contributed by atoms with van der Waals surface area (Å²) in [7, 11) is 0. The van der Waals surface area contributed by atoms with Gasteiger partial charge < -0.3 is 0 Å². The first-order valence-electron chi connectivity index (χ1n) is 10.9. The number of carbonyl (C=O) groups excluding carboxylic acids is 1. The maximum absolute atomic E-state index is 12.7. The van der Waals surface area contributed by atoms with Crippen molar-refractivity contribution >= 4 is 28.6 Å². The number of anilines is 2. The molecule has 160 valence electrons. The smallest absolute Gasteiger partial charge is 0.230 e. The highest BCUT2D eigenvalue weighted by Crippen LogP contribution is 2.32. The molecule has 0 saturated carbocycles. The highest BCUT2D eigenvalue weighted by Gasteiger charge is 2.28. The zero-order valence-corrected chi connectivity index (χ0v) is 18.7. The highest BCUT2D eigenvalue weighted by atomic mass is 16.1. The van der Waals surface area contributed by atoms with E-state index in [1.165, 1.54) is 22.3 Å². The second-order valence-corrected chi connectivity index (χ2v) is 8.70. The molecule has 0 amide bonds. The first kappa shape index (κ1) is 20.2. The van der Waals surface area contributed by atoms with Gasteiger partial charge in [0.25, 0.3) is 0 Å². The van der Waals surface area contributed by atoms with Crippen molar-refractivity contribution in [2.24, 2.45) is 0 Å². The summed E-state index contributed by atoms with van der Waals surface area (Å²) >= 11 is 0. The Labute approximate surface area is 187 Å². The van der Waals surface area contributed by atoms with Crippen molar-refractivity contribution in [2.75, 3.05) is 5.32 Å². The van der Waals surface area contributed by atoms with Crippen molar-refractivity contribution in [3.05, 3.63) is 81.8 Å². The fourth-order valence-corrected chi connectivity index (χ4v) is 4.28. The summed E-state index contributed by atoms with van der Waals surface area (Å²) in [5.74, 6) is 1.08. The Bertz CT molecular complexity index is 1360. The number of aromatic nitrogens is 4.